The molecule has 1 heteroatoms. The van der Waals surface area contributed by atoms with Crippen LogP contribution in [0.2, 0.25) is 0 Å². The molecule has 0 saturated heterocycles. The van der Waals surface area contributed by atoms with Crippen LogP contribution < -0.4 is 5.32 Å². The molecule has 1 aliphatic heterocycles. The Hall–Kier alpha value is -0.820. The van der Waals surface area contributed by atoms with Gasteiger partial charge in [-0.1, -0.05) is 38.5 Å². The Kier molecular flexibility index (Phi) is 5.25. The average molecular weight is 245 g/mol. The summed E-state index contributed by atoms with van der Waals surface area (Å²) in [5, 5.41) is 3.58. The molecule has 1 unspecified atom stereocenters. The lowest BCUT2D eigenvalue weighted by atomic mass is 9.92. The van der Waals surface area contributed by atoms with Crippen LogP contribution in [0.4, 0.5) is 0 Å². The molecule has 2 rings (SSSR count). The van der Waals surface area contributed by atoms with Crippen molar-refractivity contribution in [3.8, 4) is 0 Å². The SMILES string of the molecule is CCCc1ccc2c(c1)CCNCCC(C)CC2. The maximum Gasteiger partial charge on any atom is -0.000825 e. The molecule has 1 atom stereocenters. The monoisotopic (exact) mass is 245 g/mol. The maximum atomic E-state index is 3.58. The van der Waals surface area contributed by atoms with Crippen LogP contribution in [0.25, 0.3) is 0 Å². The van der Waals surface area contributed by atoms with Gasteiger partial charge in [-0.25, -0.2) is 0 Å². The molecule has 0 aliphatic carbocycles. The molecule has 0 bridgehead atoms. The predicted molar refractivity (Wildman–Crippen MR) is 79.1 cm³/mol. The van der Waals surface area contributed by atoms with Crippen LogP contribution in [0.3, 0.4) is 0 Å². The van der Waals surface area contributed by atoms with Gasteiger partial charge in [-0.2, -0.15) is 0 Å². The molecule has 0 spiro atoms. The molecular formula is C17H27N. The largest absolute Gasteiger partial charge is 0.316 e. The first-order valence-electron chi connectivity index (χ1n) is 7.61. The van der Waals surface area contributed by atoms with Crippen LogP contribution >= 0.6 is 0 Å². The van der Waals surface area contributed by atoms with Gasteiger partial charge in [0.2, 0.25) is 0 Å². The van der Waals surface area contributed by atoms with Crippen LogP contribution in [-0.2, 0) is 19.3 Å². The van der Waals surface area contributed by atoms with E-state index in [1.807, 2.05) is 0 Å². The molecule has 1 N–H and O–H groups in total. The predicted octanol–water partition coefficient (Wildman–Crippen LogP) is 3.74. The third-order valence-corrected chi connectivity index (χ3v) is 4.10. The normalized spacial score (nSPS) is 21.3. The Morgan fingerprint density at radius 3 is 2.83 bits per heavy atom. The number of nitrogens with one attached hydrogen (secondary N) is 1. The highest BCUT2D eigenvalue weighted by molar-refractivity contribution is 5.33. The summed E-state index contributed by atoms with van der Waals surface area (Å²) in [6.07, 6.45) is 7.58. The lowest BCUT2D eigenvalue weighted by Gasteiger charge is -2.18. The van der Waals surface area contributed by atoms with E-state index in [9.17, 15) is 0 Å². The number of hydrogen-bond acceptors (Lipinski definition) is 1. The van der Waals surface area contributed by atoms with Gasteiger partial charge in [-0.3, -0.25) is 0 Å². The number of fused-ring (bicyclic) bond motifs is 1. The van der Waals surface area contributed by atoms with Gasteiger partial charge in [0.25, 0.3) is 0 Å². The summed E-state index contributed by atoms with van der Waals surface area (Å²) in [4.78, 5) is 0. The Labute approximate surface area is 112 Å². The van der Waals surface area contributed by atoms with E-state index in [1.54, 1.807) is 11.1 Å². The van der Waals surface area contributed by atoms with Gasteiger partial charge in [0.1, 0.15) is 0 Å². The molecule has 0 saturated carbocycles. The average Bonchev–Trinajstić information content (AvgIpc) is 2.38. The summed E-state index contributed by atoms with van der Waals surface area (Å²) in [6.45, 7) is 6.96. The van der Waals surface area contributed by atoms with E-state index in [0.29, 0.717) is 0 Å². The van der Waals surface area contributed by atoms with E-state index >= 15 is 0 Å². The number of rotatable bonds is 2. The molecule has 0 radical (unpaired) electrons. The van der Waals surface area contributed by atoms with Gasteiger partial charge in [0, 0.05) is 0 Å². The minimum atomic E-state index is 0.846. The van der Waals surface area contributed by atoms with Gasteiger partial charge in [0.05, 0.1) is 0 Å². The quantitative estimate of drug-likeness (QED) is 0.837. The summed E-state index contributed by atoms with van der Waals surface area (Å²) in [5.74, 6) is 0.846. The van der Waals surface area contributed by atoms with E-state index in [-0.39, 0.29) is 0 Å². The lowest BCUT2D eigenvalue weighted by Crippen LogP contribution is -2.22. The van der Waals surface area contributed by atoms with Crippen molar-refractivity contribution in [3.63, 3.8) is 0 Å². The summed E-state index contributed by atoms with van der Waals surface area (Å²) in [6, 6.07) is 7.17. The molecule has 0 amide bonds. The van der Waals surface area contributed by atoms with Crippen molar-refractivity contribution >= 4 is 0 Å². The van der Waals surface area contributed by atoms with E-state index < -0.39 is 0 Å². The summed E-state index contributed by atoms with van der Waals surface area (Å²) in [5.41, 5.74) is 4.69. The second kappa shape index (κ2) is 6.94. The van der Waals surface area contributed by atoms with Crippen LogP contribution in [-0.4, -0.2) is 13.1 Å². The highest BCUT2D eigenvalue weighted by atomic mass is 14.8. The smallest absolute Gasteiger partial charge is 0.000825 e. The number of aryl methyl sites for hydroxylation is 2. The Morgan fingerprint density at radius 1 is 1.11 bits per heavy atom. The molecule has 1 aliphatic rings. The lowest BCUT2D eigenvalue weighted by molar-refractivity contribution is 0.465. The fourth-order valence-electron chi connectivity index (χ4n) is 2.84. The third-order valence-electron chi connectivity index (χ3n) is 4.10. The zero-order valence-electron chi connectivity index (χ0n) is 12.0. The Morgan fingerprint density at radius 2 is 2.00 bits per heavy atom. The first kappa shape index (κ1) is 13.6. The first-order chi connectivity index (χ1) is 8.79. The second-order valence-corrected chi connectivity index (χ2v) is 5.79. The van der Waals surface area contributed by atoms with Gasteiger partial charge in [-0.15, -0.1) is 0 Å². The molecule has 1 nitrogen and oxygen atoms in total. The van der Waals surface area contributed by atoms with Crippen LogP contribution in [0.1, 0.15) is 49.8 Å². The zero-order chi connectivity index (χ0) is 12.8. The minimum Gasteiger partial charge on any atom is -0.316 e. The molecule has 1 aromatic carbocycles. The molecule has 0 aromatic heterocycles. The van der Waals surface area contributed by atoms with Crippen molar-refractivity contribution in [2.75, 3.05) is 13.1 Å². The molecule has 1 aromatic rings. The molecule has 0 fully saturated rings. The fourth-order valence-corrected chi connectivity index (χ4v) is 2.84. The van der Waals surface area contributed by atoms with Gasteiger partial charge in [-0.05, 0) is 67.8 Å². The topological polar surface area (TPSA) is 12.0 Å². The van der Waals surface area contributed by atoms with Crippen molar-refractivity contribution in [3.05, 3.63) is 34.9 Å². The third kappa shape index (κ3) is 3.84. The van der Waals surface area contributed by atoms with Crippen molar-refractivity contribution in [2.24, 2.45) is 5.92 Å². The van der Waals surface area contributed by atoms with Crippen molar-refractivity contribution in [1.82, 2.24) is 5.32 Å². The second-order valence-electron chi connectivity index (χ2n) is 5.79. The molecular weight excluding hydrogens is 218 g/mol. The highest BCUT2D eigenvalue weighted by Crippen LogP contribution is 2.19. The van der Waals surface area contributed by atoms with E-state index in [1.165, 1.54) is 50.6 Å². The van der Waals surface area contributed by atoms with Crippen molar-refractivity contribution in [1.29, 1.82) is 0 Å². The maximum absolute atomic E-state index is 3.58. The molecule has 100 valence electrons. The zero-order valence-corrected chi connectivity index (χ0v) is 12.0. The van der Waals surface area contributed by atoms with Crippen LogP contribution in [0, 0.1) is 5.92 Å². The van der Waals surface area contributed by atoms with Gasteiger partial charge in [0.15, 0.2) is 0 Å². The Balaban J connectivity index is 2.14. The van der Waals surface area contributed by atoms with Crippen molar-refractivity contribution < 1.29 is 0 Å². The first-order valence-corrected chi connectivity index (χ1v) is 7.61. The molecule has 18 heavy (non-hydrogen) atoms. The van der Waals surface area contributed by atoms with E-state index in [2.05, 4.69) is 37.4 Å². The van der Waals surface area contributed by atoms with Gasteiger partial charge >= 0.3 is 0 Å². The number of hydrogen-bond donors (Lipinski definition) is 1. The van der Waals surface area contributed by atoms with Gasteiger partial charge < -0.3 is 5.32 Å². The standard InChI is InChI=1S/C17H27N/c1-3-4-15-6-8-16-7-5-14(2)9-11-18-12-10-17(16)13-15/h6,8,13-14,18H,3-5,7,9-12H2,1-2H3. The number of benzene rings is 1. The van der Waals surface area contributed by atoms with Crippen LogP contribution in [0.5, 0.6) is 0 Å². The summed E-state index contributed by atoms with van der Waals surface area (Å²) in [7, 11) is 0. The van der Waals surface area contributed by atoms with Crippen LogP contribution in [0.15, 0.2) is 18.2 Å². The summed E-state index contributed by atoms with van der Waals surface area (Å²) >= 11 is 0. The minimum absolute atomic E-state index is 0.846. The fraction of sp³-hybridized carbons (Fsp3) is 0.647. The molecule has 1 heterocycles. The van der Waals surface area contributed by atoms with E-state index in [4.69, 9.17) is 0 Å². The highest BCUT2D eigenvalue weighted by Gasteiger charge is 2.09. The Bertz CT molecular complexity index is 370. The van der Waals surface area contributed by atoms with Crippen molar-refractivity contribution in [2.45, 2.75) is 52.4 Å². The van der Waals surface area contributed by atoms with E-state index in [0.717, 1.165) is 12.5 Å². The summed E-state index contributed by atoms with van der Waals surface area (Å²) < 4.78 is 0.